The molecular formula is C53H36N4. The molecule has 0 N–H and O–H groups in total. The fraction of sp³-hybridized carbons (Fsp3) is 0.0189. The SMILES string of the molecule is C1=C(c2ccccc2)C=C(c2ccccc2)N=C(c2cccc(-n3c4ccccc4c4c(-c5ccc6c(c5)c5cccnc5n6-c5ccccc5)cccc43)c2)C1. The number of rotatable bonds is 6. The molecule has 0 unspecified atom stereocenters. The number of aliphatic imine (C=N–C) groups is 1. The molecule has 1 aliphatic heterocycles. The lowest BCUT2D eigenvalue weighted by Crippen LogP contribution is -2.02. The minimum atomic E-state index is 0.719. The van der Waals surface area contributed by atoms with Crippen LogP contribution in [-0.4, -0.2) is 19.8 Å². The summed E-state index contributed by atoms with van der Waals surface area (Å²) in [6.45, 7) is 0. The molecule has 0 radical (unpaired) electrons. The van der Waals surface area contributed by atoms with Gasteiger partial charge in [-0.2, -0.15) is 0 Å². The third-order valence-electron chi connectivity index (χ3n) is 11.2. The maximum Gasteiger partial charge on any atom is 0.145 e. The van der Waals surface area contributed by atoms with Crippen LogP contribution in [0.15, 0.2) is 211 Å². The number of benzene rings is 7. The monoisotopic (exact) mass is 728 g/mol. The summed E-state index contributed by atoms with van der Waals surface area (Å²) in [6, 6.07) is 67.1. The Balaban J connectivity index is 1.06. The van der Waals surface area contributed by atoms with Crippen LogP contribution < -0.4 is 0 Å². The predicted molar refractivity (Wildman–Crippen MR) is 238 cm³/mol. The molecule has 1 aliphatic rings. The Morgan fingerprint density at radius 3 is 1.95 bits per heavy atom. The van der Waals surface area contributed by atoms with Gasteiger partial charge in [0.1, 0.15) is 5.65 Å². The first-order valence-electron chi connectivity index (χ1n) is 19.5. The Bertz CT molecular complexity index is 3240. The average molecular weight is 729 g/mol. The van der Waals surface area contributed by atoms with Crippen LogP contribution in [0.2, 0.25) is 0 Å². The number of nitrogens with zero attached hydrogens (tertiary/aromatic N) is 4. The number of para-hydroxylation sites is 2. The third kappa shape index (κ3) is 5.61. The van der Waals surface area contributed by atoms with Crippen molar-refractivity contribution in [3.8, 4) is 22.5 Å². The molecule has 0 bridgehead atoms. The van der Waals surface area contributed by atoms with Crippen molar-refractivity contribution < 1.29 is 0 Å². The van der Waals surface area contributed by atoms with Gasteiger partial charge in [0.2, 0.25) is 0 Å². The first-order chi connectivity index (χ1) is 28.3. The van der Waals surface area contributed by atoms with Crippen LogP contribution >= 0.6 is 0 Å². The molecule has 11 rings (SSSR count). The lowest BCUT2D eigenvalue weighted by atomic mass is 9.98. The van der Waals surface area contributed by atoms with E-state index in [-0.39, 0.29) is 0 Å². The Kier molecular flexibility index (Phi) is 7.85. The van der Waals surface area contributed by atoms with E-state index in [2.05, 4.69) is 203 Å². The lowest BCUT2D eigenvalue weighted by molar-refractivity contribution is 1.14. The summed E-state index contributed by atoms with van der Waals surface area (Å²) in [5, 5.41) is 4.78. The van der Waals surface area contributed by atoms with E-state index in [0.717, 1.165) is 56.9 Å². The van der Waals surface area contributed by atoms with E-state index in [1.807, 2.05) is 12.3 Å². The van der Waals surface area contributed by atoms with Crippen molar-refractivity contribution in [2.75, 3.05) is 0 Å². The summed E-state index contributed by atoms with van der Waals surface area (Å²) in [5.74, 6) is 0. The van der Waals surface area contributed by atoms with Gasteiger partial charge in [0.15, 0.2) is 0 Å². The molecule has 10 aromatic rings. The molecule has 3 aromatic heterocycles. The van der Waals surface area contributed by atoms with E-state index in [0.29, 0.717) is 0 Å². The maximum absolute atomic E-state index is 5.37. The fourth-order valence-electron chi connectivity index (χ4n) is 8.62. The van der Waals surface area contributed by atoms with Crippen LogP contribution in [-0.2, 0) is 0 Å². The van der Waals surface area contributed by atoms with Crippen molar-refractivity contribution in [2.24, 2.45) is 4.99 Å². The standard InChI is InChI=1S/C53H36N4/c1-4-15-36(16-5-1)38-28-30-47(55-48(35-38)37-17-6-2-7-18-37)40-19-12-22-42(33-40)56-49-26-11-10-23-45(49)52-43(24-13-27-51(52)56)39-29-31-50-46(34-39)44-25-14-32-54-53(44)57(50)41-20-8-3-9-21-41/h1-29,31-35H,30H2. The molecule has 57 heavy (non-hydrogen) atoms. The normalized spacial score (nSPS) is 13.2. The maximum atomic E-state index is 5.37. The number of hydrogen-bond acceptors (Lipinski definition) is 2. The molecule has 0 atom stereocenters. The number of pyridine rings is 1. The van der Waals surface area contributed by atoms with Gasteiger partial charge in [-0.25, -0.2) is 4.98 Å². The molecule has 0 saturated carbocycles. The Hall–Kier alpha value is -7.56. The zero-order valence-corrected chi connectivity index (χ0v) is 31.1. The minimum Gasteiger partial charge on any atom is -0.309 e. The Morgan fingerprint density at radius 2 is 1.11 bits per heavy atom. The zero-order chi connectivity index (χ0) is 37.7. The second-order valence-electron chi connectivity index (χ2n) is 14.6. The molecule has 0 amide bonds. The van der Waals surface area contributed by atoms with E-state index in [9.17, 15) is 0 Å². The van der Waals surface area contributed by atoms with Crippen LogP contribution in [0.25, 0.3) is 77.5 Å². The van der Waals surface area contributed by atoms with E-state index in [1.54, 1.807) is 0 Å². The van der Waals surface area contributed by atoms with Crippen molar-refractivity contribution >= 4 is 60.7 Å². The molecular weight excluding hydrogens is 693 g/mol. The number of allylic oxidation sites excluding steroid dienone is 3. The van der Waals surface area contributed by atoms with Gasteiger partial charge in [0.25, 0.3) is 0 Å². The van der Waals surface area contributed by atoms with Crippen molar-refractivity contribution in [3.63, 3.8) is 0 Å². The largest absolute Gasteiger partial charge is 0.309 e. The van der Waals surface area contributed by atoms with E-state index >= 15 is 0 Å². The van der Waals surface area contributed by atoms with Crippen LogP contribution in [0.1, 0.15) is 23.1 Å². The van der Waals surface area contributed by atoms with Crippen molar-refractivity contribution in [3.05, 3.63) is 223 Å². The van der Waals surface area contributed by atoms with Gasteiger partial charge < -0.3 is 4.57 Å². The van der Waals surface area contributed by atoms with Gasteiger partial charge in [-0.3, -0.25) is 9.56 Å². The summed E-state index contributed by atoms with van der Waals surface area (Å²) in [7, 11) is 0. The highest BCUT2D eigenvalue weighted by Gasteiger charge is 2.20. The van der Waals surface area contributed by atoms with E-state index in [1.165, 1.54) is 49.5 Å². The highest BCUT2D eigenvalue weighted by molar-refractivity contribution is 6.17. The van der Waals surface area contributed by atoms with E-state index in [4.69, 9.17) is 9.98 Å². The first-order valence-corrected chi connectivity index (χ1v) is 19.5. The predicted octanol–water partition coefficient (Wildman–Crippen LogP) is 13.3. The number of fused-ring (bicyclic) bond motifs is 6. The second kappa shape index (κ2) is 13.6. The van der Waals surface area contributed by atoms with Gasteiger partial charge in [0.05, 0.1) is 28.0 Å². The minimum absolute atomic E-state index is 0.719. The number of hydrogen-bond donors (Lipinski definition) is 0. The van der Waals surface area contributed by atoms with Gasteiger partial charge in [-0.1, -0.05) is 133 Å². The van der Waals surface area contributed by atoms with Crippen molar-refractivity contribution in [1.29, 1.82) is 0 Å². The lowest BCUT2D eigenvalue weighted by Gasteiger charge is -2.12. The fourth-order valence-corrected chi connectivity index (χ4v) is 8.62. The summed E-state index contributed by atoms with van der Waals surface area (Å²) in [5.41, 5.74) is 15.6. The van der Waals surface area contributed by atoms with Gasteiger partial charge in [-0.15, -0.1) is 0 Å². The van der Waals surface area contributed by atoms with E-state index < -0.39 is 0 Å². The van der Waals surface area contributed by atoms with Crippen LogP contribution in [0.3, 0.4) is 0 Å². The molecule has 0 spiro atoms. The summed E-state index contributed by atoms with van der Waals surface area (Å²) in [4.78, 5) is 10.2. The van der Waals surface area contributed by atoms with Gasteiger partial charge in [-0.05, 0) is 94.6 Å². The highest BCUT2D eigenvalue weighted by atomic mass is 15.0. The second-order valence-corrected chi connectivity index (χ2v) is 14.6. The smallest absolute Gasteiger partial charge is 0.145 e. The third-order valence-corrected chi connectivity index (χ3v) is 11.2. The quantitative estimate of drug-likeness (QED) is 0.168. The molecule has 0 saturated heterocycles. The highest BCUT2D eigenvalue weighted by Crippen LogP contribution is 2.41. The van der Waals surface area contributed by atoms with Gasteiger partial charge in [0, 0.05) is 51.1 Å². The van der Waals surface area contributed by atoms with Crippen LogP contribution in [0.5, 0.6) is 0 Å². The summed E-state index contributed by atoms with van der Waals surface area (Å²) < 4.78 is 4.68. The summed E-state index contributed by atoms with van der Waals surface area (Å²) >= 11 is 0. The first kappa shape index (κ1) is 32.8. The molecule has 4 heteroatoms. The van der Waals surface area contributed by atoms with Crippen molar-refractivity contribution in [1.82, 2.24) is 14.1 Å². The Labute approximate surface area is 330 Å². The molecule has 0 fully saturated rings. The molecule has 7 aromatic carbocycles. The molecule has 4 nitrogen and oxygen atoms in total. The van der Waals surface area contributed by atoms with Crippen LogP contribution in [0.4, 0.5) is 0 Å². The average Bonchev–Trinajstić information content (AvgIpc) is 3.70. The topological polar surface area (TPSA) is 35.1 Å². The number of aromatic nitrogens is 3. The molecule has 0 aliphatic carbocycles. The molecule has 268 valence electrons. The summed E-state index contributed by atoms with van der Waals surface area (Å²) in [6.07, 6.45) is 7.14. The molecule has 4 heterocycles. The van der Waals surface area contributed by atoms with Crippen LogP contribution in [0, 0.1) is 0 Å². The van der Waals surface area contributed by atoms with Crippen molar-refractivity contribution in [2.45, 2.75) is 6.42 Å². The zero-order valence-electron chi connectivity index (χ0n) is 31.1. The Morgan fingerprint density at radius 1 is 0.439 bits per heavy atom. The van der Waals surface area contributed by atoms with Gasteiger partial charge >= 0.3 is 0 Å².